The van der Waals surface area contributed by atoms with Crippen LogP contribution in [0.25, 0.3) is 0 Å². The molecule has 96 valence electrons. The van der Waals surface area contributed by atoms with E-state index in [1.165, 1.54) is 0 Å². The fourth-order valence-electron chi connectivity index (χ4n) is 1.60. The van der Waals surface area contributed by atoms with E-state index >= 15 is 0 Å². The summed E-state index contributed by atoms with van der Waals surface area (Å²) in [7, 11) is 1.74. The predicted octanol–water partition coefficient (Wildman–Crippen LogP) is 0.804. The Morgan fingerprint density at radius 1 is 1.47 bits per heavy atom. The van der Waals surface area contributed by atoms with Gasteiger partial charge in [0.25, 0.3) is 5.91 Å². The Morgan fingerprint density at radius 2 is 2.16 bits per heavy atom. The molecule has 1 aromatic carbocycles. The molecular weight excluding hydrogens is 242 g/mol. The average Bonchev–Trinajstić information content (AvgIpc) is 2.76. The van der Waals surface area contributed by atoms with E-state index in [1.807, 2.05) is 6.07 Å². The van der Waals surface area contributed by atoms with E-state index in [9.17, 15) is 4.79 Å². The molecule has 0 atom stereocenters. The van der Waals surface area contributed by atoms with Gasteiger partial charge < -0.3 is 11.1 Å². The fourth-order valence-corrected chi connectivity index (χ4v) is 1.60. The second-order valence-electron chi connectivity index (χ2n) is 4.05. The van der Waals surface area contributed by atoms with Crippen molar-refractivity contribution in [2.75, 3.05) is 5.73 Å². The van der Waals surface area contributed by atoms with Gasteiger partial charge in [-0.25, -0.2) is 0 Å². The van der Waals surface area contributed by atoms with E-state index in [1.54, 1.807) is 42.2 Å². The highest BCUT2D eigenvalue weighted by atomic mass is 16.1. The molecule has 6 heteroatoms. The van der Waals surface area contributed by atoms with Crippen LogP contribution < -0.4 is 11.1 Å². The molecule has 1 aromatic heterocycles. The molecule has 0 saturated carbocycles. The molecule has 0 fully saturated rings. The van der Waals surface area contributed by atoms with Crippen molar-refractivity contribution in [2.24, 2.45) is 7.05 Å². The number of rotatable bonds is 3. The van der Waals surface area contributed by atoms with Crippen molar-refractivity contribution >= 4 is 11.7 Å². The molecule has 3 N–H and O–H groups in total. The Hall–Kier alpha value is -2.81. The molecule has 19 heavy (non-hydrogen) atoms. The standard InChI is InChI=1S/C13H13N5O/c1-18-12(15)11(8-17-18)7-16-13(19)10-4-2-9(6-14)3-5-10/h2-5,8H,7,15H2,1H3,(H,16,19). The van der Waals surface area contributed by atoms with Crippen LogP contribution in [-0.4, -0.2) is 15.7 Å². The lowest BCUT2D eigenvalue weighted by Gasteiger charge is -2.05. The molecule has 0 aliphatic heterocycles. The quantitative estimate of drug-likeness (QED) is 0.847. The summed E-state index contributed by atoms with van der Waals surface area (Å²) < 4.78 is 1.54. The SMILES string of the molecule is Cn1ncc(CNC(=O)c2ccc(C#N)cc2)c1N. The number of amides is 1. The van der Waals surface area contributed by atoms with Gasteiger partial charge in [0.2, 0.25) is 0 Å². The Kier molecular flexibility index (Phi) is 3.48. The zero-order chi connectivity index (χ0) is 13.8. The first kappa shape index (κ1) is 12.6. The molecule has 0 aliphatic carbocycles. The van der Waals surface area contributed by atoms with E-state index in [-0.39, 0.29) is 5.91 Å². The van der Waals surface area contributed by atoms with E-state index in [2.05, 4.69) is 10.4 Å². The third kappa shape index (κ3) is 2.72. The van der Waals surface area contributed by atoms with Crippen LogP contribution in [0.2, 0.25) is 0 Å². The Morgan fingerprint density at radius 3 is 2.68 bits per heavy atom. The lowest BCUT2D eigenvalue weighted by Crippen LogP contribution is -2.23. The van der Waals surface area contributed by atoms with Gasteiger partial charge in [-0.15, -0.1) is 0 Å². The number of hydrogen-bond donors (Lipinski definition) is 2. The Labute approximate surface area is 110 Å². The van der Waals surface area contributed by atoms with E-state index < -0.39 is 0 Å². The number of nitrogens with two attached hydrogens (primary N) is 1. The molecule has 2 aromatic rings. The molecule has 0 aliphatic rings. The third-order valence-corrected chi connectivity index (χ3v) is 2.78. The van der Waals surface area contributed by atoms with Crippen LogP contribution in [0.4, 0.5) is 5.82 Å². The summed E-state index contributed by atoms with van der Waals surface area (Å²) in [5.74, 6) is 0.313. The van der Waals surface area contributed by atoms with Gasteiger partial charge in [-0.05, 0) is 24.3 Å². The van der Waals surface area contributed by atoms with Crippen LogP contribution in [0.3, 0.4) is 0 Å². The number of nitrogens with zero attached hydrogens (tertiary/aromatic N) is 3. The van der Waals surface area contributed by atoms with Gasteiger partial charge in [0.1, 0.15) is 5.82 Å². The van der Waals surface area contributed by atoms with Gasteiger partial charge in [-0.3, -0.25) is 9.48 Å². The number of aryl methyl sites for hydroxylation is 1. The van der Waals surface area contributed by atoms with Crippen molar-refractivity contribution in [3.05, 3.63) is 47.2 Å². The summed E-state index contributed by atoms with van der Waals surface area (Å²) in [5.41, 5.74) is 7.57. The summed E-state index contributed by atoms with van der Waals surface area (Å²) in [5, 5.41) is 15.4. The Balaban J connectivity index is 2.01. The Bertz CT molecular complexity index is 636. The van der Waals surface area contributed by atoms with Crippen LogP contribution in [-0.2, 0) is 13.6 Å². The molecule has 1 heterocycles. The summed E-state index contributed by atoms with van der Waals surface area (Å²) in [6.07, 6.45) is 1.62. The van der Waals surface area contributed by atoms with Crippen LogP contribution in [0, 0.1) is 11.3 Å². The normalized spacial score (nSPS) is 9.89. The van der Waals surface area contributed by atoms with Crippen molar-refractivity contribution in [1.82, 2.24) is 15.1 Å². The minimum Gasteiger partial charge on any atom is -0.384 e. The molecule has 6 nitrogen and oxygen atoms in total. The number of nitrogen functional groups attached to an aromatic ring is 1. The van der Waals surface area contributed by atoms with Gasteiger partial charge >= 0.3 is 0 Å². The number of benzene rings is 1. The number of hydrogen-bond acceptors (Lipinski definition) is 4. The first-order valence-electron chi connectivity index (χ1n) is 5.66. The monoisotopic (exact) mass is 255 g/mol. The molecule has 2 rings (SSSR count). The average molecular weight is 255 g/mol. The van der Waals surface area contributed by atoms with Crippen molar-refractivity contribution < 1.29 is 4.79 Å². The largest absolute Gasteiger partial charge is 0.384 e. The highest BCUT2D eigenvalue weighted by Crippen LogP contribution is 2.09. The van der Waals surface area contributed by atoms with Gasteiger partial charge in [0, 0.05) is 24.7 Å². The fraction of sp³-hybridized carbons (Fsp3) is 0.154. The molecular formula is C13H13N5O. The maximum Gasteiger partial charge on any atom is 0.251 e. The summed E-state index contributed by atoms with van der Waals surface area (Å²) in [4.78, 5) is 11.9. The lowest BCUT2D eigenvalue weighted by molar-refractivity contribution is 0.0951. The summed E-state index contributed by atoms with van der Waals surface area (Å²) in [6, 6.07) is 8.43. The van der Waals surface area contributed by atoms with E-state index in [4.69, 9.17) is 11.0 Å². The maximum absolute atomic E-state index is 11.9. The molecule has 0 spiro atoms. The van der Waals surface area contributed by atoms with Gasteiger partial charge in [-0.1, -0.05) is 0 Å². The van der Waals surface area contributed by atoms with E-state index in [0.29, 0.717) is 23.5 Å². The number of aromatic nitrogens is 2. The topological polar surface area (TPSA) is 96.7 Å². The zero-order valence-corrected chi connectivity index (χ0v) is 10.4. The second kappa shape index (κ2) is 5.23. The number of nitrogens with one attached hydrogen (secondary N) is 1. The highest BCUT2D eigenvalue weighted by molar-refractivity contribution is 5.94. The van der Waals surface area contributed by atoms with Crippen LogP contribution >= 0.6 is 0 Å². The summed E-state index contributed by atoms with van der Waals surface area (Å²) >= 11 is 0. The first-order valence-corrected chi connectivity index (χ1v) is 5.66. The third-order valence-electron chi connectivity index (χ3n) is 2.78. The molecule has 0 unspecified atom stereocenters. The first-order chi connectivity index (χ1) is 9.11. The van der Waals surface area contributed by atoms with Crippen LogP contribution in [0.15, 0.2) is 30.5 Å². The van der Waals surface area contributed by atoms with Crippen molar-refractivity contribution in [3.63, 3.8) is 0 Å². The maximum atomic E-state index is 11.9. The number of anilines is 1. The van der Waals surface area contributed by atoms with Crippen molar-refractivity contribution in [2.45, 2.75) is 6.54 Å². The predicted molar refractivity (Wildman–Crippen MR) is 69.9 cm³/mol. The van der Waals surface area contributed by atoms with E-state index in [0.717, 1.165) is 5.56 Å². The lowest BCUT2D eigenvalue weighted by atomic mass is 10.1. The highest BCUT2D eigenvalue weighted by Gasteiger charge is 2.08. The van der Waals surface area contributed by atoms with Crippen LogP contribution in [0.5, 0.6) is 0 Å². The smallest absolute Gasteiger partial charge is 0.251 e. The molecule has 0 radical (unpaired) electrons. The zero-order valence-electron chi connectivity index (χ0n) is 10.4. The number of carbonyl (C=O) groups is 1. The second-order valence-corrected chi connectivity index (χ2v) is 4.05. The molecule has 1 amide bonds. The molecule has 0 saturated heterocycles. The number of nitriles is 1. The van der Waals surface area contributed by atoms with Crippen molar-refractivity contribution in [3.8, 4) is 6.07 Å². The van der Waals surface area contributed by atoms with Gasteiger partial charge in [-0.2, -0.15) is 10.4 Å². The number of carbonyl (C=O) groups excluding carboxylic acids is 1. The van der Waals surface area contributed by atoms with Crippen LogP contribution in [0.1, 0.15) is 21.5 Å². The minimum absolute atomic E-state index is 0.215. The van der Waals surface area contributed by atoms with Gasteiger partial charge in [0.15, 0.2) is 0 Å². The minimum atomic E-state index is -0.215. The molecule has 0 bridgehead atoms. The van der Waals surface area contributed by atoms with Crippen molar-refractivity contribution in [1.29, 1.82) is 5.26 Å². The van der Waals surface area contributed by atoms with Gasteiger partial charge in [0.05, 0.1) is 17.8 Å². The summed E-state index contributed by atoms with van der Waals surface area (Å²) in [6.45, 7) is 0.318.